The predicted molar refractivity (Wildman–Crippen MR) is 79.2 cm³/mol. The van der Waals surface area contributed by atoms with Crippen LogP contribution in [0.15, 0.2) is 41.0 Å². The summed E-state index contributed by atoms with van der Waals surface area (Å²) in [5, 5.41) is 12.3. The van der Waals surface area contributed by atoms with Gasteiger partial charge in [-0.3, -0.25) is 4.79 Å². The lowest BCUT2D eigenvalue weighted by atomic mass is 10.3. The van der Waals surface area contributed by atoms with Crippen LogP contribution in [0.4, 0.5) is 5.82 Å². The van der Waals surface area contributed by atoms with Crippen molar-refractivity contribution in [3.8, 4) is 11.5 Å². The summed E-state index contributed by atoms with van der Waals surface area (Å²) in [6, 6.07) is 8.05. The summed E-state index contributed by atoms with van der Waals surface area (Å²) in [6.45, 7) is -0.239. The third-order valence-corrected chi connectivity index (χ3v) is 3.09. The van der Waals surface area contributed by atoms with E-state index >= 15 is 0 Å². The first-order valence-corrected chi connectivity index (χ1v) is 6.75. The number of hydrogen-bond donors (Lipinski definition) is 2. The third-order valence-electron chi connectivity index (χ3n) is 2.30. The number of ether oxygens (including phenoxy) is 1. The lowest BCUT2D eigenvalue weighted by Crippen LogP contribution is -2.20. The minimum atomic E-state index is -0.446. The lowest BCUT2D eigenvalue weighted by Gasteiger charge is -2.09. The molecule has 0 saturated heterocycles. The second-order valence-electron chi connectivity index (χ2n) is 3.78. The minimum absolute atomic E-state index is 0.0861. The Morgan fingerprint density at radius 2 is 2.25 bits per heavy atom. The zero-order valence-electron chi connectivity index (χ0n) is 10.1. The van der Waals surface area contributed by atoms with E-state index in [0.717, 1.165) is 4.47 Å². The van der Waals surface area contributed by atoms with Crippen molar-refractivity contribution in [2.24, 2.45) is 0 Å². The molecule has 5 nitrogen and oxygen atoms in total. The summed E-state index contributed by atoms with van der Waals surface area (Å²) in [4.78, 5) is 15.5. The molecule has 0 aliphatic carbocycles. The van der Waals surface area contributed by atoms with Gasteiger partial charge in [0.05, 0.1) is 5.02 Å². The van der Waals surface area contributed by atoms with E-state index in [2.05, 4.69) is 26.2 Å². The number of nitrogens with one attached hydrogen (secondary N) is 1. The number of pyridine rings is 1. The van der Waals surface area contributed by atoms with Crippen molar-refractivity contribution in [2.45, 2.75) is 0 Å². The molecule has 0 fully saturated rings. The van der Waals surface area contributed by atoms with Gasteiger partial charge >= 0.3 is 0 Å². The van der Waals surface area contributed by atoms with Crippen molar-refractivity contribution in [1.29, 1.82) is 0 Å². The number of benzene rings is 1. The van der Waals surface area contributed by atoms with Crippen LogP contribution in [0.2, 0.25) is 5.02 Å². The van der Waals surface area contributed by atoms with E-state index in [1.807, 2.05) is 0 Å². The molecule has 2 rings (SSSR count). The van der Waals surface area contributed by atoms with E-state index in [1.165, 1.54) is 12.3 Å². The molecule has 0 unspecified atom stereocenters. The predicted octanol–water partition coefficient (Wildman–Crippen LogP) is 3.22. The second kappa shape index (κ2) is 6.58. The monoisotopic (exact) mass is 356 g/mol. The summed E-state index contributed by atoms with van der Waals surface area (Å²) < 4.78 is 6.11. The van der Waals surface area contributed by atoms with Gasteiger partial charge in [-0.15, -0.1) is 0 Å². The zero-order chi connectivity index (χ0) is 14.5. The largest absolute Gasteiger partial charge is 0.504 e. The van der Waals surface area contributed by atoms with Crippen LogP contribution < -0.4 is 10.1 Å². The van der Waals surface area contributed by atoms with E-state index in [0.29, 0.717) is 10.8 Å². The topological polar surface area (TPSA) is 71.5 Å². The Kier molecular flexibility index (Phi) is 4.81. The summed E-state index contributed by atoms with van der Waals surface area (Å²) in [5.74, 6) is -0.0706. The molecule has 1 heterocycles. The van der Waals surface area contributed by atoms with Gasteiger partial charge < -0.3 is 15.2 Å². The van der Waals surface area contributed by atoms with Gasteiger partial charge in [-0.05, 0) is 30.3 Å². The fraction of sp³-hybridized carbons (Fsp3) is 0.0769. The number of amides is 1. The van der Waals surface area contributed by atoms with Crippen molar-refractivity contribution in [3.05, 3.63) is 46.0 Å². The van der Waals surface area contributed by atoms with Crippen molar-refractivity contribution in [2.75, 3.05) is 11.9 Å². The Hall–Kier alpha value is -1.79. The summed E-state index contributed by atoms with van der Waals surface area (Å²) in [5.41, 5.74) is 0. The number of nitrogens with zero attached hydrogens (tertiary/aromatic N) is 1. The fourth-order valence-corrected chi connectivity index (χ4v) is 2.12. The van der Waals surface area contributed by atoms with Gasteiger partial charge in [0, 0.05) is 10.7 Å². The maximum atomic E-state index is 11.7. The zero-order valence-corrected chi connectivity index (χ0v) is 12.5. The van der Waals surface area contributed by atoms with E-state index in [4.69, 9.17) is 16.3 Å². The smallest absolute Gasteiger partial charge is 0.263 e. The first-order chi connectivity index (χ1) is 9.56. The number of carbonyl (C=O) groups is 1. The van der Waals surface area contributed by atoms with E-state index in [9.17, 15) is 9.90 Å². The highest BCUT2D eigenvalue weighted by Gasteiger charge is 2.09. The van der Waals surface area contributed by atoms with Crippen LogP contribution in [-0.2, 0) is 4.79 Å². The molecule has 0 aliphatic heterocycles. The number of halogens is 2. The quantitative estimate of drug-likeness (QED) is 0.881. The molecule has 0 saturated carbocycles. The van der Waals surface area contributed by atoms with Gasteiger partial charge in [-0.2, -0.15) is 0 Å². The molecule has 1 amide bonds. The van der Waals surface area contributed by atoms with Crippen LogP contribution in [0.5, 0.6) is 11.5 Å². The fourth-order valence-electron chi connectivity index (χ4n) is 1.40. The Balaban J connectivity index is 1.94. The van der Waals surface area contributed by atoms with Crippen LogP contribution in [0, 0.1) is 0 Å². The van der Waals surface area contributed by atoms with Crippen molar-refractivity contribution >= 4 is 39.3 Å². The molecular formula is C13H10BrClN2O3. The molecule has 1 aromatic heterocycles. The molecule has 0 radical (unpaired) electrons. The van der Waals surface area contributed by atoms with Gasteiger partial charge in [0.15, 0.2) is 18.2 Å². The average Bonchev–Trinajstić information content (AvgIpc) is 2.40. The van der Waals surface area contributed by atoms with Gasteiger partial charge in [0.1, 0.15) is 5.75 Å². The van der Waals surface area contributed by atoms with Crippen LogP contribution in [0.1, 0.15) is 0 Å². The highest BCUT2D eigenvalue weighted by molar-refractivity contribution is 9.10. The van der Waals surface area contributed by atoms with Crippen molar-refractivity contribution < 1.29 is 14.6 Å². The molecule has 104 valence electrons. The third kappa shape index (κ3) is 3.85. The highest BCUT2D eigenvalue weighted by Crippen LogP contribution is 2.27. The molecule has 2 aromatic rings. The number of anilines is 1. The summed E-state index contributed by atoms with van der Waals surface area (Å²) >= 11 is 9.23. The number of carbonyl (C=O) groups excluding carboxylic acids is 1. The number of rotatable bonds is 4. The van der Waals surface area contributed by atoms with Gasteiger partial charge in [-0.1, -0.05) is 27.5 Å². The second-order valence-corrected chi connectivity index (χ2v) is 5.11. The normalized spacial score (nSPS) is 10.1. The SMILES string of the molecule is O=C(COc1ccc(Br)cc1Cl)Nc1ncccc1O. The first-order valence-electron chi connectivity index (χ1n) is 5.58. The molecule has 1 aromatic carbocycles. The van der Waals surface area contributed by atoms with Crippen molar-refractivity contribution in [3.63, 3.8) is 0 Å². The van der Waals surface area contributed by atoms with Crippen LogP contribution >= 0.6 is 27.5 Å². The van der Waals surface area contributed by atoms with Gasteiger partial charge in [-0.25, -0.2) is 4.98 Å². The maximum absolute atomic E-state index is 11.7. The highest BCUT2D eigenvalue weighted by atomic mass is 79.9. The Bertz CT molecular complexity index is 637. The standard InChI is InChI=1S/C13H10BrClN2O3/c14-8-3-4-11(9(15)6-8)20-7-12(19)17-13-10(18)2-1-5-16-13/h1-6,18H,7H2,(H,16,17,19). The van der Waals surface area contributed by atoms with E-state index in [-0.39, 0.29) is 18.2 Å². The van der Waals surface area contributed by atoms with Gasteiger partial charge in [0.2, 0.25) is 0 Å². The maximum Gasteiger partial charge on any atom is 0.263 e. The molecule has 2 N–H and O–H groups in total. The Morgan fingerprint density at radius 1 is 1.45 bits per heavy atom. The molecule has 7 heteroatoms. The average molecular weight is 358 g/mol. The molecule has 0 atom stereocenters. The van der Waals surface area contributed by atoms with Crippen LogP contribution in [0.25, 0.3) is 0 Å². The number of hydrogen-bond acceptors (Lipinski definition) is 4. The molecule has 0 aliphatic rings. The first kappa shape index (κ1) is 14.6. The lowest BCUT2D eigenvalue weighted by molar-refractivity contribution is -0.118. The van der Waals surface area contributed by atoms with E-state index in [1.54, 1.807) is 24.3 Å². The Labute approximate surface area is 128 Å². The van der Waals surface area contributed by atoms with E-state index < -0.39 is 5.91 Å². The molecule has 0 bridgehead atoms. The molecule has 0 spiro atoms. The van der Waals surface area contributed by atoms with Crippen molar-refractivity contribution in [1.82, 2.24) is 4.98 Å². The van der Waals surface area contributed by atoms with Gasteiger partial charge in [0.25, 0.3) is 5.91 Å². The molecule has 20 heavy (non-hydrogen) atoms. The summed E-state index contributed by atoms with van der Waals surface area (Å²) in [6.07, 6.45) is 1.46. The number of aromatic hydroxyl groups is 1. The number of aromatic nitrogens is 1. The Morgan fingerprint density at radius 3 is 2.95 bits per heavy atom. The molecular weight excluding hydrogens is 348 g/mol. The minimum Gasteiger partial charge on any atom is -0.504 e. The van der Waals surface area contributed by atoms with Crippen LogP contribution in [0.3, 0.4) is 0 Å². The van der Waals surface area contributed by atoms with Crippen LogP contribution in [-0.4, -0.2) is 22.6 Å². The summed E-state index contributed by atoms with van der Waals surface area (Å²) in [7, 11) is 0.